The van der Waals surface area contributed by atoms with Crippen LogP contribution in [0, 0.1) is 5.92 Å². The Morgan fingerprint density at radius 1 is 1.28 bits per heavy atom. The van der Waals surface area contributed by atoms with Gasteiger partial charge in [0.15, 0.2) is 5.60 Å². The molecule has 3 aliphatic rings. The van der Waals surface area contributed by atoms with Crippen LogP contribution in [0.5, 0.6) is 0 Å². The Hall–Kier alpha value is -1.09. The quantitative estimate of drug-likeness (QED) is 0.375. The van der Waals surface area contributed by atoms with Gasteiger partial charge in [0.2, 0.25) is 5.79 Å². The van der Waals surface area contributed by atoms with E-state index in [2.05, 4.69) is 26.0 Å². The summed E-state index contributed by atoms with van der Waals surface area (Å²) in [6.07, 6.45) is 8.11. The van der Waals surface area contributed by atoms with E-state index in [0.29, 0.717) is 0 Å². The van der Waals surface area contributed by atoms with Crippen molar-refractivity contribution in [2.45, 2.75) is 57.8 Å². The number of hydrogen-bond donors (Lipinski definition) is 0. The van der Waals surface area contributed by atoms with Crippen LogP contribution in [0.4, 0.5) is 0 Å². The third kappa shape index (κ3) is 1.50. The zero-order valence-corrected chi connectivity index (χ0v) is 11.3. The molecule has 3 heteroatoms. The van der Waals surface area contributed by atoms with Gasteiger partial charge in [0.1, 0.15) is 0 Å². The number of esters is 1. The highest BCUT2D eigenvalue weighted by atomic mass is 16.8. The van der Waals surface area contributed by atoms with Gasteiger partial charge in [-0.25, -0.2) is 0 Å². The molecule has 0 aromatic heterocycles. The van der Waals surface area contributed by atoms with Gasteiger partial charge in [-0.15, -0.1) is 0 Å². The van der Waals surface area contributed by atoms with Gasteiger partial charge in [0, 0.05) is 12.8 Å². The first-order valence-corrected chi connectivity index (χ1v) is 6.73. The molecule has 2 aliphatic heterocycles. The lowest BCUT2D eigenvalue weighted by Gasteiger charge is -2.13. The minimum Gasteiger partial charge on any atom is -0.429 e. The van der Waals surface area contributed by atoms with Gasteiger partial charge in [0.25, 0.3) is 0 Å². The van der Waals surface area contributed by atoms with Crippen molar-refractivity contribution in [3.8, 4) is 0 Å². The summed E-state index contributed by atoms with van der Waals surface area (Å²) < 4.78 is 11.5. The van der Waals surface area contributed by atoms with E-state index in [4.69, 9.17) is 9.47 Å². The minimum atomic E-state index is -0.668. The largest absolute Gasteiger partial charge is 0.429 e. The van der Waals surface area contributed by atoms with E-state index in [9.17, 15) is 4.79 Å². The third-order valence-corrected chi connectivity index (χ3v) is 4.57. The molecular weight excluding hydrogens is 228 g/mol. The first-order valence-electron chi connectivity index (χ1n) is 6.73. The molecule has 18 heavy (non-hydrogen) atoms. The molecule has 0 saturated carbocycles. The molecule has 3 atom stereocenters. The summed E-state index contributed by atoms with van der Waals surface area (Å²) in [4.78, 5) is 11.8. The molecule has 2 saturated heterocycles. The van der Waals surface area contributed by atoms with Crippen molar-refractivity contribution in [2.75, 3.05) is 0 Å². The fourth-order valence-electron chi connectivity index (χ4n) is 3.24. The Bertz CT molecular complexity index is 462. The lowest BCUT2D eigenvalue weighted by Crippen LogP contribution is -2.26. The van der Waals surface area contributed by atoms with Crippen LogP contribution in [0.15, 0.2) is 23.3 Å². The number of rotatable bonds is 0. The van der Waals surface area contributed by atoms with E-state index in [1.54, 1.807) is 0 Å². The Kier molecular flexibility index (Phi) is 2.46. The number of ether oxygens (including phenoxy) is 2. The maximum atomic E-state index is 11.8. The van der Waals surface area contributed by atoms with E-state index in [0.717, 1.165) is 25.7 Å². The highest BCUT2D eigenvalue weighted by molar-refractivity contribution is 5.79. The average molecular weight is 248 g/mol. The Balaban J connectivity index is 1.96. The number of allylic oxidation sites excluding steroid dienone is 2. The average Bonchev–Trinajstić information content (AvgIpc) is 2.87. The molecular formula is C15H20O3. The second kappa shape index (κ2) is 3.70. The van der Waals surface area contributed by atoms with E-state index >= 15 is 0 Å². The number of hydrogen-bond acceptors (Lipinski definition) is 3. The molecule has 0 unspecified atom stereocenters. The zero-order valence-electron chi connectivity index (χ0n) is 11.3. The lowest BCUT2D eigenvalue weighted by atomic mass is 9.84. The van der Waals surface area contributed by atoms with Crippen molar-refractivity contribution in [2.24, 2.45) is 5.92 Å². The van der Waals surface area contributed by atoms with Gasteiger partial charge in [-0.05, 0) is 33.6 Å². The topological polar surface area (TPSA) is 38.8 Å². The van der Waals surface area contributed by atoms with Crippen molar-refractivity contribution in [1.82, 2.24) is 0 Å². The standard InChI is InChI=1S/C15H20O3/c1-10-5-4-6-11(2)9-15-14(18-15,8-7-10)12(3)13(16)17-15/h6-7,12H,4-5,8-9H2,1-3H3/b10-7+,11-6+/t12-,14+,15+/m0/s1. The predicted molar refractivity (Wildman–Crippen MR) is 67.8 cm³/mol. The van der Waals surface area contributed by atoms with Crippen LogP contribution in [-0.2, 0) is 14.3 Å². The Morgan fingerprint density at radius 2 is 2.06 bits per heavy atom. The molecule has 0 radical (unpaired) electrons. The third-order valence-electron chi connectivity index (χ3n) is 4.57. The highest BCUT2D eigenvalue weighted by Crippen LogP contribution is 2.64. The first kappa shape index (κ1) is 12.0. The molecule has 0 N–H and O–H groups in total. The summed E-state index contributed by atoms with van der Waals surface area (Å²) in [5.74, 6) is -0.939. The maximum Gasteiger partial charge on any atom is 0.314 e. The van der Waals surface area contributed by atoms with E-state index in [1.807, 2.05) is 6.92 Å². The minimum absolute atomic E-state index is 0.112. The fourth-order valence-corrected chi connectivity index (χ4v) is 3.24. The monoisotopic (exact) mass is 248 g/mol. The number of epoxide rings is 1. The summed E-state index contributed by atoms with van der Waals surface area (Å²) in [6, 6.07) is 0. The van der Waals surface area contributed by atoms with Crippen LogP contribution < -0.4 is 0 Å². The van der Waals surface area contributed by atoms with Crippen molar-refractivity contribution in [3.63, 3.8) is 0 Å². The van der Waals surface area contributed by atoms with Crippen molar-refractivity contribution in [1.29, 1.82) is 0 Å². The van der Waals surface area contributed by atoms with E-state index in [1.165, 1.54) is 11.1 Å². The van der Waals surface area contributed by atoms with Crippen LogP contribution in [0.2, 0.25) is 0 Å². The smallest absolute Gasteiger partial charge is 0.314 e. The SMILES string of the molecule is C/C1=C\C[C@]23O[C@@]2(C/C(C)=C/CC1)OC(=O)[C@@H]3C. The van der Waals surface area contributed by atoms with Crippen LogP contribution in [0.25, 0.3) is 0 Å². The first-order chi connectivity index (χ1) is 8.49. The highest BCUT2D eigenvalue weighted by Gasteiger charge is 2.81. The van der Waals surface area contributed by atoms with Gasteiger partial charge in [0.05, 0.1) is 5.92 Å². The molecule has 1 aliphatic carbocycles. The second-order valence-electron chi connectivity index (χ2n) is 5.91. The summed E-state index contributed by atoms with van der Waals surface area (Å²) in [7, 11) is 0. The number of carbonyl (C=O) groups excluding carboxylic acids is 1. The molecule has 0 bridgehead atoms. The predicted octanol–water partition coefficient (Wildman–Crippen LogP) is 3.11. The second-order valence-corrected chi connectivity index (χ2v) is 5.91. The van der Waals surface area contributed by atoms with Gasteiger partial charge >= 0.3 is 5.97 Å². The molecule has 0 amide bonds. The van der Waals surface area contributed by atoms with Gasteiger partial charge < -0.3 is 9.47 Å². The van der Waals surface area contributed by atoms with Crippen LogP contribution >= 0.6 is 0 Å². The lowest BCUT2D eigenvalue weighted by molar-refractivity contribution is -0.160. The Labute approximate surface area is 108 Å². The van der Waals surface area contributed by atoms with Gasteiger partial charge in [-0.1, -0.05) is 23.3 Å². The number of carbonyl (C=O) groups is 1. The molecule has 98 valence electrons. The van der Waals surface area contributed by atoms with Crippen molar-refractivity contribution >= 4 is 5.97 Å². The van der Waals surface area contributed by atoms with E-state index < -0.39 is 11.4 Å². The molecule has 2 fully saturated rings. The summed E-state index contributed by atoms with van der Waals surface area (Å²) >= 11 is 0. The maximum absolute atomic E-state index is 11.8. The van der Waals surface area contributed by atoms with Crippen LogP contribution in [0.1, 0.15) is 46.5 Å². The Morgan fingerprint density at radius 3 is 2.83 bits per heavy atom. The van der Waals surface area contributed by atoms with Crippen LogP contribution in [-0.4, -0.2) is 17.4 Å². The molecule has 2 heterocycles. The molecule has 3 nitrogen and oxygen atoms in total. The fraction of sp³-hybridized carbons (Fsp3) is 0.667. The molecule has 3 rings (SSSR count). The normalized spacial score (nSPS) is 49.1. The summed E-state index contributed by atoms with van der Waals surface area (Å²) in [5, 5.41) is 0. The van der Waals surface area contributed by atoms with Gasteiger partial charge in [-0.3, -0.25) is 4.79 Å². The summed E-state index contributed by atoms with van der Waals surface area (Å²) in [6.45, 7) is 6.16. The molecule has 0 spiro atoms. The van der Waals surface area contributed by atoms with Crippen LogP contribution in [0.3, 0.4) is 0 Å². The zero-order chi connectivity index (χ0) is 13.0. The van der Waals surface area contributed by atoms with Crippen molar-refractivity contribution in [3.05, 3.63) is 23.3 Å². The summed E-state index contributed by atoms with van der Waals surface area (Å²) in [5.41, 5.74) is 2.22. The molecule has 0 aromatic rings. The molecule has 0 aromatic carbocycles. The van der Waals surface area contributed by atoms with Gasteiger partial charge in [-0.2, -0.15) is 0 Å². The van der Waals surface area contributed by atoms with E-state index in [-0.39, 0.29) is 11.9 Å². The van der Waals surface area contributed by atoms with Crippen molar-refractivity contribution < 1.29 is 14.3 Å².